The first-order chi connectivity index (χ1) is 9.85. The molecule has 1 aromatic carbocycles. The number of rotatable bonds is 4. The normalized spacial score (nSPS) is 17.4. The molecular weight excluding hydrogens is 248 g/mol. The lowest BCUT2D eigenvalue weighted by atomic mass is 9.88. The van der Waals surface area contributed by atoms with Crippen molar-refractivity contribution in [2.45, 2.75) is 32.2 Å². The van der Waals surface area contributed by atoms with Crippen molar-refractivity contribution in [2.75, 3.05) is 17.2 Å². The van der Waals surface area contributed by atoms with Crippen molar-refractivity contribution in [3.8, 4) is 0 Å². The number of hydrogen-bond donors (Lipinski definition) is 2. The number of benzene rings is 1. The molecule has 0 fully saturated rings. The van der Waals surface area contributed by atoms with Crippen molar-refractivity contribution in [2.24, 2.45) is 0 Å². The molecule has 1 atom stereocenters. The van der Waals surface area contributed by atoms with E-state index in [0.717, 1.165) is 31.6 Å². The Morgan fingerprint density at radius 1 is 1.20 bits per heavy atom. The fourth-order valence-corrected chi connectivity index (χ4v) is 2.71. The van der Waals surface area contributed by atoms with Gasteiger partial charge >= 0.3 is 0 Å². The van der Waals surface area contributed by atoms with E-state index < -0.39 is 0 Å². The van der Waals surface area contributed by atoms with E-state index in [0.29, 0.717) is 12.0 Å². The van der Waals surface area contributed by atoms with E-state index in [1.54, 1.807) is 6.20 Å². The molecular formula is C16H20N4. The molecule has 0 amide bonds. The van der Waals surface area contributed by atoms with Crippen LogP contribution in [0, 0.1) is 0 Å². The highest BCUT2D eigenvalue weighted by atomic mass is 15.1. The lowest BCUT2D eigenvalue weighted by Crippen LogP contribution is -2.27. The summed E-state index contributed by atoms with van der Waals surface area (Å²) in [6.45, 7) is 2.88. The molecule has 3 rings (SSSR count). The number of nitrogens with zero attached hydrogens (tertiary/aromatic N) is 2. The van der Waals surface area contributed by atoms with Gasteiger partial charge in [-0.2, -0.15) is 4.98 Å². The molecule has 20 heavy (non-hydrogen) atoms. The minimum atomic E-state index is 0.453. The summed E-state index contributed by atoms with van der Waals surface area (Å²) < 4.78 is 0. The highest BCUT2D eigenvalue weighted by Crippen LogP contribution is 2.23. The summed E-state index contributed by atoms with van der Waals surface area (Å²) in [6.07, 6.45) is 5.15. The van der Waals surface area contributed by atoms with E-state index in [1.807, 2.05) is 13.0 Å². The summed E-state index contributed by atoms with van der Waals surface area (Å²) in [5.74, 6) is 1.59. The maximum absolute atomic E-state index is 4.48. The third-order valence-electron chi connectivity index (χ3n) is 3.69. The number of anilines is 2. The molecule has 0 radical (unpaired) electrons. The molecule has 1 aliphatic carbocycles. The standard InChI is InChI=1S/C16H20N4/c1-2-17-16-18-10-9-15(20-16)19-14-8-7-12-5-3-4-6-13(12)11-14/h3-6,9-10,14H,2,7-8,11H2,1H3,(H2,17,18,19,20). The topological polar surface area (TPSA) is 49.8 Å². The Bertz CT molecular complexity index is 582. The van der Waals surface area contributed by atoms with Crippen LogP contribution in [-0.2, 0) is 12.8 Å². The second-order valence-electron chi connectivity index (χ2n) is 5.15. The van der Waals surface area contributed by atoms with E-state index in [-0.39, 0.29) is 0 Å². The number of nitrogens with one attached hydrogen (secondary N) is 2. The highest BCUT2D eigenvalue weighted by molar-refractivity contribution is 5.42. The summed E-state index contributed by atoms with van der Waals surface area (Å²) in [4.78, 5) is 8.68. The maximum atomic E-state index is 4.48. The summed E-state index contributed by atoms with van der Waals surface area (Å²) in [7, 11) is 0. The fraction of sp³-hybridized carbons (Fsp3) is 0.375. The third-order valence-corrected chi connectivity index (χ3v) is 3.69. The van der Waals surface area contributed by atoms with Crippen molar-refractivity contribution >= 4 is 11.8 Å². The van der Waals surface area contributed by atoms with Gasteiger partial charge in [0.15, 0.2) is 0 Å². The smallest absolute Gasteiger partial charge is 0.224 e. The van der Waals surface area contributed by atoms with Crippen LogP contribution in [0.2, 0.25) is 0 Å². The van der Waals surface area contributed by atoms with Crippen LogP contribution >= 0.6 is 0 Å². The van der Waals surface area contributed by atoms with Gasteiger partial charge in [0.2, 0.25) is 5.95 Å². The molecule has 1 heterocycles. The zero-order chi connectivity index (χ0) is 13.8. The van der Waals surface area contributed by atoms with E-state index in [4.69, 9.17) is 0 Å². The first-order valence-electron chi connectivity index (χ1n) is 7.25. The van der Waals surface area contributed by atoms with Gasteiger partial charge in [-0.3, -0.25) is 0 Å². The van der Waals surface area contributed by atoms with Crippen molar-refractivity contribution < 1.29 is 0 Å². The Morgan fingerprint density at radius 3 is 2.90 bits per heavy atom. The zero-order valence-electron chi connectivity index (χ0n) is 11.8. The first kappa shape index (κ1) is 12.9. The second-order valence-corrected chi connectivity index (χ2v) is 5.15. The molecule has 0 spiro atoms. The molecule has 0 bridgehead atoms. The van der Waals surface area contributed by atoms with Crippen molar-refractivity contribution in [3.63, 3.8) is 0 Å². The largest absolute Gasteiger partial charge is 0.367 e. The molecule has 2 aromatic rings. The van der Waals surface area contributed by atoms with Gasteiger partial charge in [0.05, 0.1) is 0 Å². The van der Waals surface area contributed by atoms with Crippen LogP contribution in [0.3, 0.4) is 0 Å². The van der Waals surface area contributed by atoms with Gasteiger partial charge < -0.3 is 10.6 Å². The first-order valence-corrected chi connectivity index (χ1v) is 7.25. The molecule has 1 aromatic heterocycles. The Labute approximate surface area is 119 Å². The molecule has 2 N–H and O–H groups in total. The van der Waals surface area contributed by atoms with Crippen LogP contribution in [0.15, 0.2) is 36.5 Å². The van der Waals surface area contributed by atoms with Crippen LogP contribution in [-0.4, -0.2) is 22.6 Å². The Hall–Kier alpha value is -2.10. The number of hydrogen-bond acceptors (Lipinski definition) is 4. The van der Waals surface area contributed by atoms with Crippen molar-refractivity contribution in [1.29, 1.82) is 0 Å². The van der Waals surface area contributed by atoms with E-state index in [2.05, 4.69) is 44.9 Å². The van der Waals surface area contributed by atoms with Gasteiger partial charge in [-0.15, -0.1) is 0 Å². The highest BCUT2D eigenvalue weighted by Gasteiger charge is 2.18. The molecule has 4 nitrogen and oxygen atoms in total. The van der Waals surface area contributed by atoms with Crippen LogP contribution in [0.4, 0.5) is 11.8 Å². The molecule has 0 aliphatic heterocycles. The lowest BCUT2D eigenvalue weighted by Gasteiger charge is -2.25. The van der Waals surface area contributed by atoms with E-state index in [9.17, 15) is 0 Å². The minimum Gasteiger partial charge on any atom is -0.367 e. The Morgan fingerprint density at radius 2 is 2.05 bits per heavy atom. The van der Waals surface area contributed by atoms with Gasteiger partial charge in [0.25, 0.3) is 0 Å². The van der Waals surface area contributed by atoms with Gasteiger partial charge in [0.1, 0.15) is 5.82 Å². The van der Waals surface area contributed by atoms with Crippen LogP contribution < -0.4 is 10.6 Å². The Kier molecular flexibility index (Phi) is 3.81. The van der Waals surface area contributed by atoms with Gasteiger partial charge in [-0.05, 0) is 43.4 Å². The van der Waals surface area contributed by atoms with Crippen molar-refractivity contribution in [1.82, 2.24) is 9.97 Å². The quantitative estimate of drug-likeness (QED) is 0.895. The predicted octanol–water partition coefficient (Wildman–Crippen LogP) is 2.88. The van der Waals surface area contributed by atoms with E-state index in [1.165, 1.54) is 11.1 Å². The average molecular weight is 268 g/mol. The lowest BCUT2D eigenvalue weighted by molar-refractivity contribution is 0.608. The SMILES string of the molecule is CCNc1nccc(NC2CCc3ccccc3C2)n1. The zero-order valence-corrected chi connectivity index (χ0v) is 11.8. The van der Waals surface area contributed by atoms with Crippen LogP contribution in [0.25, 0.3) is 0 Å². The minimum absolute atomic E-state index is 0.453. The van der Waals surface area contributed by atoms with Crippen molar-refractivity contribution in [3.05, 3.63) is 47.7 Å². The number of aryl methyl sites for hydroxylation is 1. The maximum Gasteiger partial charge on any atom is 0.224 e. The summed E-state index contributed by atoms with van der Waals surface area (Å²) >= 11 is 0. The summed E-state index contributed by atoms with van der Waals surface area (Å²) in [5.41, 5.74) is 2.94. The Balaban J connectivity index is 1.69. The summed E-state index contributed by atoms with van der Waals surface area (Å²) in [5, 5.41) is 6.67. The molecule has 4 heteroatoms. The molecule has 104 valence electrons. The fourth-order valence-electron chi connectivity index (χ4n) is 2.71. The predicted molar refractivity (Wildman–Crippen MR) is 82.1 cm³/mol. The second kappa shape index (κ2) is 5.90. The van der Waals surface area contributed by atoms with Gasteiger partial charge in [0, 0.05) is 18.8 Å². The van der Waals surface area contributed by atoms with Crippen LogP contribution in [0.5, 0.6) is 0 Å². The average Bonchev–Trinajstić information content (AvgIpc) is 2.48. The number of fused-ring (bicyclic) bond motifs is 1. The summed E-state index contributed by atoms with van der Waals surface area (Å²) in [6, 6.07) is 11.1. The van der Waals surface area contributed by atoms with E-state index >= 15 is 0 Å². The molecule has 0 saturated carbocycles. The monoisotopic (exact) mass is 268 g/mol. The molecule has 0 saturated heterocycles. The molecule has 1 unspecified atom stereocenters. The van der Waals surface area contributed by atoms with Gasteiger partial charge in [-0.1, -0.05) is 24.3 Å². The van der Waals surface area contributed by atoms with Crippen LogP contribution in [0.1, 0.15) is 24.5 Å². The number of aromatic nitrogens is 2. The van der Waals surface area contributed by atoms with Gasteiger partial charge in [-0.25, -0.2) is 4.98 Å². The third kappa shape index (κ3) is 2.90. The molecule has 1 aliphatic rings.